The van der Waals surface area contributed by atoms with Gasteiger partial charge < -0.3 is 10.1 Å². The Bertz CT molecular complexity index is 98.6. The summed E-state index contributed by atoms with van der Waals surface area (Å²) >= 11 is 0. The molecule has 1 aliphatic rings. The quantitative estimate of drug-likeness (QED) is 0.469. The number of ether oxygens (including phenoxy) is 1. The Morgan fingerprint density at radius 3 is 2.50 bits per heavy atom. The van der Waals surface area contributed by atoms with Gasteiger partial charge in [-0.25, -0.2) is 0 Å². The number of esters is 1. The molecule has 1 heterocycles. The average molecular weight is 115 g/mol. The predicted molar refractivity (Wildman–Crippen MR) is 28.4 cm³/mol. The SMILES string of the molecule is CC(=O)OC1CNC1. The molecule has 46 valence electrons. The maximum Gasteiger partial charge on any atom is 0.302 e. The first-order valence-corrected chi connectivity index (χ1v) is 2.67. The zero-order valence-electron chi connectivity index (χ0n) is 4.81. The lowest BCUT2D eigenvalue weighted by Gasteiger charge is -2.25. The molecule has 0 atom stereocenters. The molecule has 0 aliphatic carbocycles. The molecule has 1 rings (SSSR count). The van der Waals surface area contributed by atoms with Crippen molar-refractivity contribution >= 4 is 5.97 Å². The van der Waals surface area contributed by atoms with Gasteiger partial charge in [-0.05, 0) is 0 Å². The monoisotopic (exact) mass is 115 g/mol. The van der Waals surface area contributed by atoms with E-state index < -0.39 is 0 Å². The Morgan fingerprint density at radius 1 is 1.75 bits per heavy atom. The van der Waals surface area contributed by atoms with Crippen LogP contribution in [0.15, 0.2) is 0 Å². The zero-order chi connectivity index (χ0) is 5.98. The minimum atomic E-state index is -0.184. The summed E-state index contributed by atoms with van der Waals surface area (Å²) in [6.07, 6.45) is 0.146. The maximum atomic E-state index is 10.2. The van der Waals surface area contributed by atoms with Gasteiger partial charge in [-0.15, -0.1) is 0 Å². The third-order valence-corrected chi connectivity index (χ3v) is 1.08. The third kappa shape index (κ3) is 1.20. The molecule has 0 aromatic carbocycles. The molecule has 0 amide bonds. The van der Waals surface area contributed by atoms with Crippen LogP contribution in [-0.2, 0) is 9.53 Å². The van der Waals surface area contributed by atoms with Crippen molar-refractivity contribution in [3.05, 3.63) is 0 Å². The van der Waals surface area contributed by atoms with E-state index >= 15 is 0 Å². The normalized spacial score (nSPS) is 19.6. The van der Waals surface area contributed by atoms with Gasteiger partial charge in [-0.3, -0.25) is 4.79 Å². The van der Waals surface area contributed by atoms with Gasteiger partial charge in [-0.1, -0.05) is 0 Å². The van der Waals surface area contributed by atoms with Gasteiger partial charge in [0.25, 0.3) is 0 Å². The molecule has 1 aliphatic heterocycles. The molecule has 0 spiro atoms. The van der Waals surface area contributed by atoms with Gasteiger partial charge in [0, 0.05) is 20.0 Å². The summed E-state index contributed by atoms with van der Waals surface area (Å²) in [7, 11) is 0. The second kappa shape index (κ2) is 2.13. The summed E-state index contributed by atoms with van der Waals surface area (Å²) in [5.41, 5.74) is 0. The Hall–Kier alpha value is -0.570. The molecular formula is C5H9NO2. The minimum Gasteiger partial charge on any atom is -0.460 e. The molecule has 8 heavy (non-hydrogen) atoms. The minimum absolute atomic E-state index is 0.146. The first kappa shape index (κ1) is 5.56. The molecule has 1 saturated heterocycles. The van der Waals surface area contributed by atoms with Crippen molar-refractivity contribution in [3.63, 3.8) is 0 Å². The Kier molecular flexibility index (Phi) is 1.48. The van der Waals surface area contributed by atoms with E-state index in [4.69, 9.17) is 4.74 Å². The highest BCUT2D eigenvalue weighted by molar-refractivity contribution is 5.66. The van der Waals surface area contributed by atoms with E-state index in [-0.39, 0.29) is 12.1 Å². The zero-order valence-corrected chi connectivity index (χ0v) is 4.81. The summed E-state index contributed by atoms with van der Waals surface area (Å²) < 4.78 is 4.78. The van der Waals surface area contributed by atoms with E-state index in [0.717, 1.165) is 13.1 Å². The van der Waals surface area contributed by atoms with Gasteiger partial charge in [0.15, 0.2) is 0 Å². The summed E-state index contributed by atoms with van der Waals surface area (Å²) in [4.78, 5) is 10.2. The van der Waals surface area contributed by atoms with E-state index in [1.807, 2.05) is 0 Å². The summed E-state index contributed by atoms with van der Waals surface area (Å²) in [6, 6.07) is 0. The van der Waals surface area contributed by atoms with E-state index in [9.17, 15) is 4.79 Å². The van der Waals surface area contributed by atoms with E-state index in [0.29, 0.717) is 0 Å². The standard InChI is InChI=1S/C5H9NO2/c1-4(7)8-5-2-6-3-5/h5-6H,2-3H2,1H3. The number of rotatable bonds is 1. The number of carbonyl (C=O) groups is 1. The van der Waals surface area contributed by atoms with Crippen LogP contribution in [0.3, 0.4) is 0 Å². The maximum absolute atomic E-state index is 10.2. The lowest BCUT2D eigenvalue weighted by Crippen LogP contribution is -2.49. The topological polar surface area (TPSA) is 38.3 Å². The van der Waals surface area contributed by atoms with Crippen LogP contribution in [0.4, 0.5) is 0 Å². The van der Waals surface area contributed by atoms with Crippen LogP contribution in [0.1, 0.15) is 6.92 Å². The van der Waals surface area contributed by atoms with Gasteiger partial charge >= 0.3 is 5.97 Å². The fraction of sp³-hybridized carbons (Fsp3) is 0.800. The number of nitrogens with one attached hydrogen (secondary N) is 1. The van der Waals surface area contributed by atoms with Gasteiger partial charge in [0.2, 0.25) is 0 Å². The Balaban J connectivity index is 2.09. The van der Waals surface area contributed by atoms with Crippen molar-refractivity contribution in [2.24, 2.45) is 0 Å². The Morgan fingerprint density at radius 2 is 2.38 bits per heavy atom. The highest BCUT2D eigenvalue weighted by Crippen LogP contribution is 1.96. The summed E-state index contributed by atoms with van der Waals surface area (Å²) in [6.45, 7) is 3.07. The highest BCUT2D eigenvalue weighted by atomic mass is 16.5. The van der Waals surface area contributed by atoms with Crippen LogP contribution < -0.4 is 5.32 Å². The van der Waals surface area contributed by atoms with Gasteiger partial charge in [-0.2, -0.15) is 0 Å². The molecule has 3 heteroatoms. The van der Waals surface area contributed by atoms with Crippen molar-refractivity contribution in [2.75, 3.05) is 13.1 Å². The molecule has 1 N–H and O–H groups in total. The van der Waals surface area contributed by atoms with Crippen LogP contribution in [0.25, 0.3) is 0 Å². The fourth-order valence-corrected chi connectivity index (χ4v) is 0.580. The largest absolute Gasteiger partial charge is 0.460 e. The van der Waals surface area contributed by atoms with Crippen molar-refractivity contribution in [1.82, 2.24) is 5.32 Å². The van der Waals surface area contributed by atoms with Crippen LogP contribution in [0, 0.1) is 0 Å². The van der Waals surface area contributed by atoms with Crippen molar-refractivity contribution in [3.8, 4) is 0 Å². The molecule has 0 aromatic heterocycles. The molecule has 0 bridgehead atoms. The first-order chi connectivity index (χ1) is 3.79. The molecule has 0 saturated carbocycles. The molecule has 0 unspecified atom stereocenters. The van der Waals surface area contributed by atoms with Crippen LogP contribution in [-0.4, -0.2) is 25.2 Å². The second-order valence-corrected chi connectivity index (χ2v) is 1.89. The lowest BCUT2D eigenvalue weighted by molar-refractivity contribution is -0.148. The predicted octanol–water partition coefficient (Wildman–Crippen LogP) is -0.479. The molecule has 0 aromatic rings. The average Bonchev–Trinajstić information content (AvgIpc) is 1.55. The van der Waals surface area contributed by atoms with E-state index in [1.165, 1.54) is 6.92 Å². The smallest absolute Gasteiger partial charge is 0.302 e. The van der Waals surface area contributed by atoms with E-state index in [2.05, 4.69) is 5.32 Å². The highest BCUT2D eigenvalue weighted by Gasteiger charge is 2.18. The Labute approximate surface area is 48.0 Å². The number of hydrogen-bond donors (Lipinski definition) is 1. The molecular weight excluding hydrogens is 106 g/mol. The number of carbonyl (C=O) groups excluding carboxylic acids is 1. The van der Waals surface area contributed by atoms with Crippen molar-refractivity contribution in [2.45, 2.75) is 13.0 Å². The van der Waals surface area contributed by atoms with E-state index in [1.54, 1.807) is 0 Å². The van der Waals surface area contributed by atoms with Crippen molar-refractivity contribution < 1.29 is 9.53 Å². The summed E-state index contributed by atoms with van der Waals surface area (Å²) in [5, 5.41) is 2.99. The van der Waals surface area contributed by atoms with Crippen LogP contribution >= 0.6 is 0 Å². The van der Waals surface area contributed by atoms with Crippen molar-refractivity contribution in [1.29, 1.82) is 0 Å². The fourth-order valence-electron chi connectivity index (χ4n) is 0.580. The van der Waals surface area contributed by atoms with Gasteiger partial charge in [0.05, 0.1) is 0 Å². The second-order valence-electron chi connectivity index (χ2n) is 1.89. The number of hydrogen-bond acceptors (Lipinski definition) is 3. The molecule has 1 fully saturated rings. The lowest BCUT2D eigenvalue weighted by atomic mass is 10.2. The first-order valence-electron chi connectivity index (χ1n) is 2.67. The third-order valence-electron chi connectivity index (χ3n) is 1.08. The molecule has 0 radical (unpaired) electrons. The van der Waals surface area contributed by atoms with Gasteiger partial charge in [0.1, 0.15) is 6.10 Å². The van der Waals surface area contributed by atoms with Crippen LogP contribution in [0.5, 0.6) is 0 Å². The summed E-state index contributed by atoms with van der Waals surface area (Å²) in [5.74, 6) is -0.184. The molecule has 3 nitrogen and oxygen atoms in total. The van der Waals surface area contributed by atoms with Crippen LogP contribution in [0.2, 0.25) is 0 Å².